The number of nitrogens with zero attached hydrogens (tertiary/aromatic N) is 1. The van der Waals surface area contributed by atoms with Crippen molar-refractivity contribution < 1.29 is 9.90 Å². The molecule has 1 N–H and O–H groups in total. The topological polar surface area (TPSA) is 76.4 Å². The fourth-order valence-corrected chi connectivity index (χ4v) is 1.74. The van der Waals surface area contributed by atoms with Gasteiger partial charge in [0.05, 0.1) is 0 Å². The van der Waals surface area contributed by atoms with Crippen LogP contribution in [0.4, 0.5) is 0 Å². The molecule has 0 fully saturated rings. The molecule has 0 spiro atoms. The molecule has 0 aliphatic rings. The maximum Gasteiger partial charge on any atom is 0.326 e. The molecule has 88 valence electrons. The highest BCUT2D eigenvalue weighted by Gasteiger charge is 2.30. The largest absolute Gasteiger partial charge is 0.480 e. The van der Waals surface area contributed by atoms with E-state index in [0.717, 1.165) is 10.1 Å². The minimum absolute atomic E-state index is 0.247. The van der Waals surface area contributed by atoms with E-state index in [2.05, 4.69) is 0 Å². The Kier molecular flexibility index (Phi) is 2.91. The van der Waals surface area contributed by atoms with Gasteiger partial charge in [0.1, 0.15) is 6.04 Å². The number of carboxylic acids is 1. The Hall–Kier alpha value is -2.17. The SMILES string of the molecule is O=C(O)[C@@H](CCc1ccccc1)n1c(=O)c1=O. The van der Waals surface area contributed by atoms with Gasteiger partial charge in [-0.15, -0.1) is 0 Å². The second-order valence-electron chi connectivity index (χ2n) is 3.86. The zero-order chi connectivity index (χ0) is 12.4. The molecule has 5 heteroatoms. The van der Waals surface area contributed by atoms with Crippen LogP contribution in [-0.4, -0.2) is 15.6 Å². The normalized spacial score (nSPS) is 12.7. The van der Waals surface area contributed by atoms with Crippen LogP contribution in [0.1, 0.15) is 18.0 Å². The molecule has 2 aromatic rings. The Bertz CT molecular complexity index is 567. The van der Waals surface area contributed by atoms with Gasteiger partial charge >= 0.3 is 17.1 Å². The van der Waals surface area contributed by atoms with Gasteiger partial charge in [-0.1, -0.05) is 30.3 Å². The number of aliphatic carboxylic acids is 1. The standard InChI is InChI=1S/C12H11NO4/c14-10-11(15)13(10)9(12(16)17)7-6-8-4-2-1-3-5-8/h1-5,9H,6-7H2,(H,16,17)/t9-/m1/s1. The lowest BCUT2D eigenvalue weighted by Gasteiger charge is -2.08. The van der Waals surface area contributed by atoms with E-state index < -0.39 is 23.1 Å². The Morgan fingerprint density at radius 1 is 1.18 bits per heavy atom. The van der Waals surface area contributed by atoms with Gasteiger partial charge in [0.25, 0.3) is 0 Å². The molecule has 0 amide bonds. The van der Waals surface area contributed by atoms with Crippen molar-refractivity contribution in [2.75, 3.05) is 0 Å². The summed E-state index contributed by atoms with van der Waals surface area (Å²) < 4.78 is 0.797. The number of carbonyl (C=O) groups is 1. The van der Waals surface area contributed by atoms with Crippen LogP contribution in [0, 0.1) is 0 Å². The third kappa shape index (κ3) is 2.33. The molecule has 0 aliphatic heterocycles. The minimum Gasteiger partial charge on any atom is -0.480 e. The average molecular weight is 233 g/mol. The van der Waals surface area contributed by atoms with E-state index in [1.807, 2.05) is 30.3 Å². The predicted molar refractivity (Wildman–Crippen MR) is 60.8 cm³/mol. The van der Waals surface area contributed by atoms with Crippen LogP contribution in [0.25, 0.3) is 0 Å². The van der Waals surface area contributed by atoms with Gasteiger partial charge in [-0.05, 0) is 18.4 Å². The van der Waals surface area contributed by atoms with Crippen molar-refractivity contribution in [1.82, 2.24) is 4.57 Å². The fourth-order valence-electron chi connectivity index (χ4n) is 1.74. The molecule has 2 rings (SSSR count). The summed E-state index contributed by atoms with van der Waals surface area (Å²) in [6.07, 6.45) is 0.770. The lowest BCUT2D eigenvalue weighted by atomic mass is 10.1. The highest BCUT2D eigenvalue weighted by atomic mass is 16.4. The molecule has 1 heterocycles. The molecule has 0 unspecified atom stereocenters. The second kappa shape index (κ2) is 4.37. The van der Waals surface area contributed by atoms with Gasteiger partial charge in [0.15, 0.2) is 0 Å². The summed E-state index contributed by atoms with van der Waals surface area (Å²) in [6.45, 7) is 0. The third-order valence-electron chi connectivity index (χ3n) is 2.72. The quantitative estimate of drug-likeness (QED) is 0.755. The molecular formula is C12H11NO4. The summed E-state index contributed by atoms with van der Waals surface area (Å²) in [6, 6.07) is 8.32. The van der Waals surface area contributed by atoms with Gasteiger partial charge in [0, 0.05) is 0 Å². The molecule has 17 heavy (non-hydrogen) atoms. The highest BCUT2D eigenvalue weighted by molar-refractivity contribution is 5.72. The Labute approximate surface area is 96.6 Å². The Morgan fingerprint density at radius 3 is 2.24 bits per heavy atom. The lowest BCUT2D eigenvalue weighted by molar-refractivity contribution is -0.140. The maximum absolute atomic E-state index is 10.9. The van der Waals surface area contributed by atoms with Crippen molar-refractivity contribution in [3.63, 3.8) is 0 Å². The van der Waals surface area contributed by atoms with E-state index in [1.54, 1.807) is 0 Å². The number of hydrogen-bond acceptors (Lipinski definition) is 3. The van der Waals surface area contributed by atoms with Crippen LogP contribution < -0.4 is 11.1 Å². The number of carboxylic acid groups (broad SMARTS) is 1. The van der Waals surface area contributed by atoms with Crippen molar-refractivity contribution in [3.8, 4) is 0 Å². The molecule has 0 bridgehead atoms. The first-order valence-corrected chi connectivity index (χ1v) is 5.25. The van der Waals surface area contributed by atoms with Crippen molar-refractivity contribution in [2.24, 2.45) is 0 Å². The first-order valence-electron chi connectivity index (χ1n) is 5.25. The third-order valence-corrected chi connectivity index (χ3v) is 2.72. The highest BCUT2D eigenvalue weighted by Crippen LogP contribution is 2.13. The first kappa shape index (κ1) is 11.3. The summed E-state index contributed by atoms with van der Waals surface area (Å²) in [5.41, 5.74) is -0.420. The molecule has 1 aromatic carbocycles. The average Bonchev–Trinajstić information content (AvgIpc) is 2.89. The lowest BCUT2D eigenvalue weighted by Crippen LogP contribution is -2.19. The van der Waals surface area contributed by atoms with Crippen molar-refractivity contribution in [3.05, 3.63) is 56.6 Å². The van der Waals surface area contributed by atoms with Crippen molar-refractivity contribution in [1.29, 1.82) is 0 Å². The van der Waals surface area contributed by atoms with Crippen LogP contribution >= 0.6 is 0 Å². The number of aromatic nitrogens is 1. The van der Waals surface area contributed by atoms with Crippen LogP contribution in [-0.2, 0) is 11.2 Å². The van der Waals surface area contributed by atoms with Crippen LogP contribution in [0.15, 0.2) is 39.9 Å². The zero-order valence-electron chi connectivity index (χ0n) is 9.00. The van der Waals surface area contributed by atoms with Crippen LogP contribution in [0.3, 0.4) is 0 Å². The molecule has 1 atom stereocenters. The summed E-state index contributed by atoms with van der Waals surface area (Å²) in [5.74, 6) is -1.14. The Morgan fingerprint density at radius 2 is 1.76 bits per heavy atom. The molecule has 0 saturated carbocycles. The molecule has 0 saturated heterocycles. The molecule has 0 aliphatic carbocycles. The predicted octanol–water partition coefficient (Wildman–Crippen LogP) is 0.343. The van der Waals surface area contributed by atoms with E-state index in [-0.39, 0.29) is 6.42 Å². The van der Waals surface area contributed by atoms with E-state index in [0.29, 0.717) is 6.42 Å². The Balaban J connectivity index is 2.06. The van der Waals surface area contributed by atoms with Gasteiger partial charge in [0.2, 0.25) is 0 Å². The zero-order valence-corrected chi connectivity index (χ0v) is 9.00. The molecule has 5 nitrogen and oxygen atoms in total. The second-order valence-corrected chi connectivity index (χ2v) is 3.86. The molecular weight excluding hydrogens is 222 g/mol. The van der Waals surface area contributed by atoms with Gasteiger partial charge in [-0.2, -0.15) is 0 Å². The molecule has 0 radical (unpaired) electrons. The number of aryl methyl sites for hydroxylation is 1. The van der Waals surface area contributed by atoms with Crippen LogP contribution in [0.5, 0.6) is 0 Å². The number of rotatable bonds is 5. The number of hydrogen-bond donors (Lipinski definition) is 1. The molecule has 1 aromatic heterocycles. The first-order chi connectivity index (χ1) is 8.11. The summed E-state index contributed by atoms with van der Waals surface area (Å²) >= 11 is 0. The summed E-state index contributed by atoms with van der Waals surface area (Å²) in [4.78, 5) is 32.7. The van der Waals surface area contributed by atoms with E-state index in [1.165, 1.54) is 0 Å². The minimum atomic E-state index is -1.14. The van der Waals surface area contributed by atoms with E-state index >= 15 is 0 Å². The summed E-state index contributed by atoms with van der Waals surface area (Å²) in [5, 5.41) is 8.95. The van der Waals surface area contributed by atoms with Gasteiger partial charge < -0.3 is 5.11 Å². The van der Waals surface area contributed by atoms with Crippen LogP contribution in [0.2, 0.25) is 0 Å². The van der Waals surface area contributed by atoms with Gasteiger partial charge in [-0.25, -0.2) is 4.79 Å². The fraction of sp³-hybridized carbons (Fsp3) is 0.250. The number of benzene rings is 1. The van der Waals surface area contributed by atoms with Gasteiger partial charge in [-0.3, -0.25) is 14.2 Å². The van der Waals surface area contributed by atoms with E-state index in [9.17, 15) is 14.4 Å². The summed E-state index contributed by atoms with van der Waals surface area (Å²) in [7, 11) is 0. The monoisotopic (exact) mass is 233 g/mol. The van der Waals surface area contributed by atoms with Crippen molar-refractivity contribution >= 4 is 5.97 Å². The van der Waals surface area contributed by atoms with Crippen molar-refractivity contribution in [2.45, 2.75) is 18.9 Å². The van der Waals surface area contributed by atoms with E-state index in [4.69, 9.17) is 5.11 Å². The maximum atomic E-state index is 10.9. The smallest absolute Gasteiger partial charge is 0.326 e.